The van der Waals surface area contributed by atoms with Gasteiger partial charge in [-0.1, -0.05) is 0 Å². The molecule has 5 rings (SSSR count). The van der Waals surface area contributed by atoms with E-state index >= 15 is 0 Å². The van der Waals surface area contributed by atoms with Gasteiger partial charge in [-0.05, 0) is 42.3 Å². The van der Waals surface area contributed by atoms with Crippen molar-refractivity contribution < 1.29 is 0 Å². The quantitative estimate of drug-likeness (QED) is 0.730. The first-order valence-electron chi connectivity index (χ1n) is 8.31. The van der Waals surface area contributed by atoms with Crippen LogP contribution in [0.3, 0.4) is 0 Å². The lowest BCUT2D eigenvalue weighted by molar-refractivity contribution is 0.488. The first kappa shape index (κ1) is 14.1. The van der Waals surface area contributed by atoms with Crippen molar-refractivity contribution in [1.82, 2.24) is 20.2 Å². The minimum Gasteiger partial charge on any atom is -0.352 e. The SMILES string of the molecule is CN(c1ncnc2sccc12)C1CN(c2cc3c(nn2)CCC3)C1. The first-order valence-corrected chi connectivity index (χ1v) is 9.19. The van der Waals surface area contributed by atoms with Crippen molar-refractivity contribution in [2.24, 2.45) is 0 Å². The fraction of sp³-hybridized carbons (Fsp3) is 0.412. The summed E-state index contributed by atoms with van der Waals surface area (Å²) >= 11 is 1.66. The van der Waals surface area contributed by atoms with Gasteiger partial charge in [-0.15, -0.1) is 16.4 Å². The number of anilines is 2. The largest absolute Gasteiger partial charge is 0.352 e. The molecular weight excluding hydrogens is 320 g/mol. The Bertz CT molecular complexity index is 901. The van der Waals surface area contributed by atoms with Gasteiger partial charge in [-0.3, -0.25) is 0 Å². The van der Waals surface area contributed by atoms with Crippen molar-refractivity contribution in [1.29, 1.82) is 0 Å². The minimum absolute atomic E-state index is 0.443. The molecule has 2 aliphatic rings. The second-order valence-corrected chi connectivity index (χ2v) is 7.43. The standard InChI is InChI=1S/C17H18N6S/c1-22(16-13-5-6-24-17(13)19-10-18-16)12-8-23(9-12)15-7-11-3-2-4-14(11)20-21-15/h5-7,10,12H,2-4,8-9H2,1H3. The third-order valence-corrected chi connectivity index (χ3v) is 5.94. The van der Waals surface area contributed by atoms with Gasteiger partial charge in [0.25, 0.3) is 0 Å². The summed E-state index contributed by atoms with van der Waals surface area (Å²) in [6.45, 7) is 1.92. The zero-order chi connectivity index (χ0) is 16.1. The molecule has 0 radical (unpaired) electrons. The molecule has 7 heteroatoms. The lowest BCUT2D eigenvalue weighted by Crippen LogP contribution is -2.59. The van der Waals surface area contributed by atoms with E-state index in [-0.39, 0.29) is 0 Å². The zero-order valence-electron chi connectivity index (χ0n) is 13.5. The number of nitrogens with zero attached hydrogens (tertiary/aromatic N) is 6. The van der Waals surface area contributed by atoms with Gasteiger partial charge in [0.2, 0.25) is 0 Å². The van der Waals surface area contributed by atoms with Crippen LogP contribution < -0.4 is 9.80 Å². The van der Waals surface area contributed by atoms with Crippen molar-refractivity contribution in [2.45, 2.75) is 25.3 Å². The highest BCUT2D eigenvalue weighted by atomic mass is 32.1. The Kier molecular flexibility index (Phi) is 3.16. The molecule has 0 atom stereocenters. The predicted octanol–water partition coefficient (Wildman–Crippen LogP) is 2.29. The van der Waals surface area contributed by atoms with E-state index in [1.165, 1.54) is 17.7 Å². The van der Waals surface area contributed by atoms with Gasteiger partial charge < -0.3 is 9.80 Å². The van der Waals surface area contributed by atoms with Crippen LogP contribution in [0.15, 0.2) is 23.8 Å². The Labute approximate surface area is 144 Å². The van der Waals surface area contributed by atoms with E-state index < -0.39 is 0 Å². The summed E-state index contributed by atoms with van der Waals surface area (Å²) in [6.07, 6.45) is 5.10. The molecule has 3 aromatic rings. The molecule has 0 saturated carbocycles. The van der Waals surface area contributed by atoms with Crippen molar-refractivity contribution in [2.75, 3.05) is 29.9 Å². The summed E-state index contributed by atoms with van der Waals surface area (Å²) in [6, 6.07) is 4.78. The Morgan fingerprint density at radius 2 is 2.12 bits per heavy atom. The summed E-state index contributed by atoms with van der Waals surface area (Å²) in [7, 11) is 2.12. The Hall–Kier alpha value is -2.28. The van der Waals surface area contributed by atoms with Gasteiger partial charge in [-0.25, -0.2) is 9.97 Å². The summed E-state index contributed by atoms with van der Waals surface area (Å²) in [4.78, 5) is 14.5. The van der Waals surface area contributed by atoms with Crippen LogP contribution in [0, 0.1) is 0 Å². The Morgan fingerprint density at radius 3 is 3.04 bits per heavy atom. The molecular formula is C17H18N6S. The van der Waals surface area contributed by atoms with Crippen molar-refractivity contribution >= 4 is 33.2 Å². The van der Waals surface area contributed by atoms with Gasteiger partial charge >= 0.3 is 0 Å². The normalized spacial score (nSPS) is 17.1. The van der Waals surface area contributed by atoms with E-state index in [1.807, 2.05) is 0 Å². The number of thiophene rings is 1. The fourth-order valence-corrected chi connectivity index (χ4v) is 4.32. The molecule has 122 valence electrons. The van der Waals surface area contributed by atoms with Crippen LogP contribution in [-0.4, -0.2) is 46.3 Å². The molecule has 0 aromatic carbocycles. The van der Waals surface area contributed by atoms with E-state index in [9.17, 15) is 0 Å². The highest BCUT2D eigenvalue weighted by Gasteiger charge is 2.33. The molecule has 0 spiro atoms. The molecule has 1 aliphatic heterocycles. The topological polar surface area (TPSA) is 58.0 Å². The van der Waals surface area contributed by atoms with E-state index in [0.717, 1.165) is 47.8 Å². The van der Waals surface area contributed by atoms with Gasteiger partial charge in [0, 0.05) is 20.1 Å². The maximum atomic E-state index is 4.50. The summed E-state index contributed by atoms with van der Waals surface area (Å²) in [5, 5.41) is 12.0. The lowest BCUT2D eigenvalue weighted by atomic mass is 10.1. The maximum Gasteiger partial charge on any atom is 0.151 e. The fourth-order valence-electron chi connectivity index (χ4n) is 3.59. The first-order chi connectivity index (χ1) is 11.8. The number of fused-ring (bicyclic) bond motifs is 2. The van der Waals surface area contributed by atoms with Crippen LogP contribution in [0.2, 0.25) is 0 Å². The van der Waals surface area contributed by atoms with Gasteiger partial charge in [0.1, 0.15) is 17.0 Å². The molecule has 1 fully saturated rings. The highest BCUT2D eigenvalue weighted by Crippen LogP contribution is 2.31. The average molecular weight is 338 g/mol. The monoisotopic (exact) mass is 338 g/mol. The summed E-state index contributed by atoms with van der Waals surface area (Å²) < 4.78 is 0. The molecule has 3 aromatic heterocycles. The highest BCUT2D eigenvalue weighted by molar-refractivity contribution is 7.16. The number of hydrogen-bond donors (Lipinski definition) is 0. The van der Waals surface area contributed by atoms with E-state index in [4.69, 9.17) is 0 Å². The van der Waals surface area contributed by atoms with E-state index in [1.54, 1.807) is 17.7 Å². The smallest absolute Gasteiger partial charge is 0.151 e. The van der Waals surface area contributed by atoms with Gasteiger partial charge in [0.05, 0.1) is 17.1 Å². The molecule has 0 bridgehead atoms. The minimum atomic E-state index is 0.443. The predicted molar refractivity (Wildman–Crippen MR) is 95.9 cm³/mol. The average Bonchev–Trinajstić information content (AvgIpc) is 3.21. The Morgan fingerprint density at radius 1 is 1.21 bits per heavy atom. The molecule has 0 unspecified atom stereocenters. The number of aryl methyl sites for hydroxylation is 2. The molecule has 24 heavy (non-hydrogen) atoms. The third kappa shape index (κ3) is 2.15. The number of hydrogen-bond acceptors (Lipinski definition) is 7. The molecule has 1 aliphatic carbocycles. The summed E-state index contributed by atoms with van der Waals surface area (Å²) in [5.74, 6) is 2.04. The zero-order valence-corrected chi connectivity index (χ0v) is 14.3. The van der Waals surface area contributed by atoms with Crippen molar-refractivity contribution in [3.8, 4) is 0 Å². The molecule has 1 saturated heterocycles. The summed E-state index contributed by atoms with van der Waals surface area (Å²) in [5.41, 5.74) is 2.57. The van der Waals surface area contributed by atoms with Crippen LogP contribution in [0.4, 0.5) is 11.6 Å². The molecule has 4 heterocycles. The van der Waals surface area contributed by atoms with E-state index in [2.05, 4.69) is 54.5 Å². The lowest BCUT2D eigenvalue weighted by Gasteiger charge is -2.45. The van der Waals surface area contributed by atoms with Crippen LogP contribution in [0.1, 0.15) is 17.7 Å². The van der Waals surface area contributed by atoms with Crippen LogP contribution in [-0.2, 0) is 12.8 Å². The van der Waals surface area contributed by atoms with Crippen LogP contribution >= 0.6 is 11.3 Å². The molecule has 0 N–H and O–H groups in total. The number of rotatable bonds is 3. The van der Waals surface area contributed by atoms with Gasteiger partial charge in [-0.2, -0.15) is 5.10 Å². The Balaban J connectivity index is 1.33. The second-order valence-electron chi connectivity index (χ2n) is 6.53. The van der Waals surface area contributed by atoms with E-state index in [0.29, 0.717) is 6.04 Å². The van der Waals surface area contributed by atoms with Crippen molar-refractivity contribution in [3.05, 3.63) is 35.1 Å². The maximum absolute atomic E-state index is 4.50. The molecule has 6 nitrogen and oxygen atoms in total. The van der Waals surface area contributed by atoms with Crippen LogP contribution in [0.5, 0.6) is 0 Å². The van der Waals surface area contributed by atoms with Crippen molar-refractivity contribution in [3.63, 3.8) is 0 Å². The number of likely N-dealkylation sites (N-methyl/N-ethyl adjacent to an activating group) is 1. The number of aromatic nitrogens is 4. The second kappa shape index (κ2) is 5.37. The third-order valence-electron chi connectivity index (χ3n) is 5.12. The van der Waals surface area contributed by atoms with Gasteiger partial charge in [0.15, 0.2) is 5.82 Å². The molecule has 0 amide bonds. The van der Waals surface area contributed by atoms with Crippen LogP contribution in [0.25, 0.3) is 10.2 Å².